The maximum Gasteiger partial charge on any atom is 0.251 e. The molecular formula is C26H29N5O3. The lowest BCUT2D eigenvalue weighted by molar-refractivity contribution is -0.118. The van der Waals surface area contributed by atoms with Gasteiger partial charge < -0.3 is 15.4 Å². The first-order chi connectivity index (χ1) is 16.5. The predicted octanol–water partition coefficient (Wildman–Crippen LogP) is 3.16. The summed E-state index contributed by atoms with van der Waals surface area (Å²) in [6.07, 6.45) is 3.34. The van der Waals surface area contributed by atoms with Crippen LogP contribution in [0.3, 0.4) is 0 Å². The Bertz CT molecular complexity index is 1120. The average Bonchev–Trinajstić information content (AvgIpc) is 2.86. The van der Waals surface area contributed by atoms with Gasteiger partial charge in [0, 0.05) is 50.2 Å². The number of aromatic nitrogens is 1. The maximum atomic E-state index is 12.7. The Kier molecular flexibility index (Phi) is 7.51. The zero-order chi connectivity index (χ0) is 23.9. The Hall–Kier alpha value is -3.75. The fraction of sp³-hybridized carbons (Fsp3) is 0.269. The van der Waals surface area contributed by atoms with E-state index in [4.69, 9.17) is 4.74 Å². The van der Waals surface area contributed by atoms with Gasteiger partial charge in [0.15, 0.2) is 0 Å². The molecule has 2 amide bonds. The third kappa shape index (κ3) is 5.98. The van der Waals surface area contributed by atoms with E-state index >= 15 is 0 Å². The Morgan fingerprint density at radius 3 is 2.62 bits per heavy atom. The van der Waals surface area contributed by atoms with Gasteiger partial charge in [0.2, 0.25) is 5.91 Å². The highest BCUT2D eigenvalue weighted by Gasteiger charge is 2.27. The van der Waals surface area contributed by atoms with Crippen LogP contribution < -0.4 is 15.4 Å². The molecule has 1 aromatic heterocycles. The molecule has 8 heteroatoms. The third-order valence-electron chi connectivity index (χ3n) is 5.87. The van der Waals surface area contributed by atoms with E-state index in [2.05, 4.69) is 32.5 Å². The zero-order valence-corrected chi connectivity index (χ0v) is 19.4. The fourth-order valence-corrected chi connectivity index (χ4v) is 4.02. The molecule has 0 spiro atoms. The SMILES string of the molecule is CNC(=O)c1cccc([C@@H]2CN(CC(=O)Nc3ccc(Oc4cccnc4)cc3)CCN2C)c1. The molecule has 2 N–H and O–H groups in total. The van der Waals surface area contributed by atoms with Crippen molar-refractivity contribution in [3.05, 3.63) is 84.2 Å². The summed E-state index contributed by atoms with van der Waals surface area (Å²) in [5.74, 6) is 1.16. The summed E-state index contributed by atoms with van der Waals surface area (Å²) < 4.78 is 5.74. The minimum absolute atomic E-state index is 0.0663. The van der Waals surface area contributed by atoms with Gasteiger partial charge in [0.1, 0.15) is 11.5 Å². The van der Waals surface area contributed by atoms with Crippen molar-refractivity contribution in [3.8, 4) is 11.5 Å². The van der Waals surface area contributed by atoms with Gasteiger partial charge in [-0.05, 0) is 61.1 Å². The number of nitrogens with zero attached hydrogens (tertiary/aromatic N) is 3. The summed E-state index contributed by atoms with van der Waals surface area (Å²) in [5.41, 5.74) is 2.42. The summed E-state index contributed by atoms with van der Waals surface area (Å²) >= 11 is 0. The highest BCUT2D eigenvalue weighted by atomic mass is 16.5. The lowest BCUT2D eigenvalue weighted by Crippen LogP contribution is -2.48. The van der Waals surface area contributed by atoms with E-state index in [0.29, 0.717) is 35.8 Å². The monoisotopic (exact) mass is 459 g/mol. The minimum Gasteiger partial charge on any atom is -0.456 e. The first-order valence-corrected chi connectivity index (χ1v) is 11.2. The standard InChI is InChI=1S/C26H29N5O3/c1-27-26(33)20-6-3-5-19(15-20)24-17-31(14-13-30(24)2)18-25(32)29-21-8-10-22(11-9-21)34-23-7-4-12-28-16-23/h3-12,15-16,24H,13-14,17-18H2,1-2H3,(H,27,33)(H,29,32)/t24-/m0/s1. The maximum absolute atomic E-state index is 12.7. The molecule has 176 valence electrons. The first kappa shape index (κ1) is 23.4. The Balaban J connectivity index is 1.33. The molecular weight excluding hydrogens is 430 g/mol. The Morgan fingerprint density at radius 2 is 1.88 bits per heavy atom. The molecule has 2 aromatic carbocycles. The molecule has 34 heavy (non-hydrogen) atoms. The Labute approximate surface area is 199 Å². The van der Waals surface area contributed by atoms with Crippen molar-refractivity contribution >= 4 is 17.5 Å². The molecule has 0 unspecified atom stereocenters. The van der Waals surface area contributed by atoms with E-state index in [1.165, 1.54) is 0 Å². The largest absolute Gasteiger partial charge is 0.456 e. The number of piperazine rings is 1. The van der Waals surface area contributed by atoms with Gasteiger partial charge >= 0.3 is 0 Å². The quantitative estimate of drug-likeness (QED) is 0.565. The highest BCUT2D eigenvalue weighted by Crippen LogP contribution is 2.25. The van der Waals surface area contributed by atoms with E-state index in [0.717, 1.165) is 18.7 Å². The molecule has 0 radical (unpaired) electrons. The van der Waals surface area contributed by atoms with Crippen molar-refractivity contribution in [2.75, 3.05) is 45.6 Å². The number of pyridine rings is 1. The highest BCUT2D eigenvalue weighted by molar-refractivity contribution is 5.94. The second kappa shape index (κ2) is 10.9. The lowest BCUT2D eigenvalue weighted by Gasteiger charge is -2.39. The number of hydrogen-bond acceptors (Lipinski definition) is 6. The summed E-state index contributed by atoms with van der Waals surface area (Å²) in [7, 11) is 3.70. The van der Waals surface area contributed by atoms with Crippen LogP contribution in [0.5, 0.6) is 11.5 Å². The molecule has 4 rings (SSSR count). The fourth-order valence-electron chi connectivity index (χ4n) is 4.02. The van der Waals surface area contributed by atoms with Gasteiger partial charge in [-0.25, -0.2) is 0 Å². The summed E-state index contributed by atoms with van der Waals surface area (Å²) in [6.45, 7) is 2.64. The van der Waals surface area contributed by atoms with Crippen LogP contribution in [0.2, 0.25) is 0 Å². The van der Waals surface area contributed by atoms with Crippen LogP contribution in [0, 0.1) is 0 Å². The molecule has 1 saturated heterocycles. The molecule has 0 aliphatic carbocycles. The van der Waals surface area contributed by atoms with Crippen molar-refractivity contribution in [1.29, 1.82) is 0 Å². The predicted molar refractivity (Wildman–Crippen MR) is 131 cm³/mol. The van der Waals surface area contributed by atoms with Crippen LogP contribution in [0.1, 0.15) is 22.0 Å². The molecule has 0 bridgehead atoms. The minimum atomic E-state index is -0.103. The zero-order valence-electron chi connectivity index (χ0n) is 19.4. The number of benzene rings is 2. The van der Waals surface area contributed by atoms with Crippen molar-refractivity contribution < 1.29 is 14.3 Å². The summed E-state index contributed by atoms with van der Waals surface area (Å²) in [5, 5.41) is 5.63. The normalized spacial score (nSPS) is 16.6. The van der Waals surface area contributed by atoms with E-state index in [1.54, 1.807) is 19.4 Å². The first-order valence-electron chi connectivity index (χ1n) is 11.2. The number of nitrogens with one attached hydrogen (secondary N) is 2. The van der Waals surface area contributed by atoms with Gasteiger partial charge in [-0.3, -0.25) is 24.4 Å². The van der Waals surface area contributed by atoms with Crippen LogP contribution in [-0.4, -0.2) is 66.9 Å². The van der Waals surface area contributed by atoms with Crippen LogP contribution in [0.15, 0.2) is 73.1 Å². The van der Waals surface area contributed by atoms with E-state index in [9.17, 15) is 9.59 Å². The van der Waals surface area contributed by atoms with Crippen LogP contribution in [-0.2, 0) is 4.79 Å². The average molecular weight is 460 g/mol. The topological polar surface area (TPSA) is 86.8 Å². The number of ether oxygens (including phenoxy) is 1. The van der Waals surface area contributed by atoms with E-state index in [1.807, 2.05) is 60.7 Å². The number of hydrogen-bond donors (Lipinski definition) is 2. The number of rotatable bonds is 7. The van der Waals surface area contributed by atoms with Gasteiger partial charge in [-0.2, -0.15) is 0 Å². The number of carbonyl (C=O) groups is 2. The molecule has 1 atom stereocenters. The van der Waals surface area contributed by atoms with Gasteiger partial charge in [-0.15, -0.1) is 0 Å². The molecule has 2 heterocycles. The third-order valence-corrected chi connectivity index (χ3v) is 5.87. The molecule has 3 aromatic rings. The van der Waals surface area contributed by atoms with Crippen LogP contribution in [0.25, 0.3) is 0 Å². The molecule has 1 fully saturated rings. The van der Waals surface area contributed by atoms with Crippen LogP contribution >= 0.6 is 0 Å². The van der Waals surface area contributed by atoms with Crippen molar-refractivity contribution in [2.45, 2.75) is 6.04 Å². The van der Waals surface area contributed by atoms with Gasteiger partial charge in [-0.1, -0.05) is 12.1 Å². The smallest absolute Gasteiger partial charge is 0.251 e. The lowest BCUT2D eigenvalue weighted by atomic mass is 10.00. The number of amides is 2. The van der Waals surface area contributed by atoms with E-state index < -0.39 is 0 Å². The summed E-state index contributed by atoms with van der Waals surface area (Å²) in [4.78, 5) is 33.2. The van der Waals surface area contributed by atoms with Crippen molar-refractivity contribution in [3.63, 3.8) is 0 Å². The van der Waals surface area contributed by atoms with Gasteiger partial charge in [0.05, 0.1) is 12.7 Å². The van der Waals surface area contributed by atoms with Crippen molar-refractivity contribution in [1.82, 2.24) is 20.1 Å². The van der Waals surface area contributed by atoms with Gasteiger partial charge in [0.25, 0.3) is 5.91 Å². The molecule has 1 aliphatic rings. The van der Waals surface area contributed by atoms with Crippen LogP contribution in [0.4, 0.5) is 5.69 Å². The molecule has 0 saturated carbocycles. The molecule has 1 aliphatic heterocycles. The number of carbonyl (C=O) groups excluding carboxylic acids is 2. The van der Waals surface area contributed by atoms with Crippen molar-refractivity contribution in [2.24, 2.45) is 0 Å². The number of likely N-dealkylation sites (N-methyl/N-ethyl adjacent to an activating group) is 1. The molecule has 8 nitrogen and oxygen atoms in total. The Morgan fingerprint density at radius 1 is 1.06 bits per heavy atom. The second-order valence-corrected chi connectivity index (χ2v) is 8.30. The second-order valence-electron chi connectivity index (χ2n) is 8.30. The summed E-state index contributed by atoms with van der Waals surface area (Å²) in [6, 6.07) is 18.7. The van der Waals surface area contributed by atoms with E-state index in [-0.39, 0.29) is 17.9 Å². The number of anilines is 1.